The van der Waals surface area contributed by atoms with Gasteiger partial charge in [-0.25, -0.2) is 0 Å². The van der Waals surface area contributed by atoms with E-state index in [2.05, 4.69) is 61.7 Å². The maximum atomic E-state index is 13.7. The van der Waals surface area contributed by atoms with Crippen LogP contribution in [0.25, 0.3) is 0 Å². The number of nitrogens with one attached hydrogen (secondary N) is 2. The van der Waals surface area contributed by atoms with Gasteiger partial charge in [-0.1, -0.05) is 70.9 Å². The van der Waals surface area contributed by atoms with Crippen LogP contribution in [0.15, 0.2) is 35.9 Å². The average molecular weight is 504 g/mol. The second-order valence-electron chi connectivity index (χ2n) is 14.2. The lowest BCUT2D eigenvalue weighted by Crippen LogP contribution is -2.65. The van der Waals surface area contributed by atoms with E-state index in [1.54, 1.807) is 10.5 Å². The summed E-state index contributed by atoms with van der Waals surface area (Å²) in [6.45, 7) is 11.6. The summed E-state index contributed by atoms with van der Waals surface area (Å²) in [6, 6.07) is 7.97. The Morgan fingerprint density at radius 3 is 2.59 bits per heavy atom. The highest BCUT2D eigenvalue weighted by molar-refractivity contribution is 5.97. The fourth-order valence-electron chi connectivity index (χ4n) is 9.76. The van der Waals surface area contributed by atoms with Crippen LogP contribution in [-0.2, 0) is 15.0 Å². The van der Waals surface area contributed by atoms with Crippen molar-refractivity contribution in [3.05, 3.63) is 41.5 Å². The average Bonchev–Trinajstić information content (AvgIpc) is 3.14. The molecule has 5 heteroatoms. The van der Waals surface area contributed by atoms with Crippen molar-refractivity contribution in [2.45, 2.75) is 103 Å². The molecule has 1 aromatic carbocycles. The van der Waals surface area contributed by atoms with Gasteiger partial charge in [-0.3, -0.25) is 9.59 Å². The minimum Gasteiger partial charge on any atom is -0.378 e. The van der Waals surface area contributed by atoms with Gasteiger partial charge >= 0.3 is 0 Å². The first-order valence-electron chi connectivity index (χ1n) is 14.6. The van der Waals surface area contributed by atoms with Gasteiger partial charge in [0, 0.05) is 18.2 Å². The number of hydrogen-bond donors (Lipinski definition) is 2. The number of carbonyl (C=O) groups is 2. The van der Waals surface area contributed by atoms with Crippen molar-refractivity contribution in [2.75, 3.05) is 12.4 Å². The van der Waals surface area contributed by atoms with Gasteiger partial charge in [-0.2, -0.15) is 0 Å². The Balaban J connectivity index is 1.41. The third-order valence-electron chi connectivity index (χ3n) is 11.4. The van der Waals surface area contributed by atoms with Gasteiger partial charge in [0.05, 0.1) is 6.04 Å². The molecule has 2 N–H and O–H groups in total. The van der Waals surface area contributed by atoms with Crippen LogP contribution in [-0.4, -0.2) is 41.9 Å². The largest absolute Gasteiger partial charge is 0.378 e. The Labute approximate surface area is 222 Å². The molecule has 5 aliphatic rings. The van der Waals surface area contributed by atoms with E-state index in [4.69, 9.17) is 0 Å². The van der Waals surface area contributed by atoms with E-state index in [9.17, 15) is 9.59 Å². The van der Waals surface area contributed by atoms with Crippen LogP contribution in [0.4, 0.5) is 5.69 Å². The Kier molecular flexibility index (Phi) is 5.64. The van der Waals surface area contributed by atoms with Crippen LogP contribution in [0.3, 0.4) is 0 Å². The van der Waals surface area contributed by atoms with Gasteiger partial charge in [-0.05, 0) is 78.7 Å². The molecule has 0 aromatic heterocycles. The summed E-state index contributed by atoms with van der Waals surface area (Å²) in [5.41, 5.74) is 4.59. The third kappa shape index (κ3) is 3.55. The van der Waals surface area contributed by atoms with Crippen LogP contribution in [0.5, 0.6) is 0 Å². The summed E-state index contributed by atoms with van der Waals surface area (Å²) in [6.07, 6.45) is 10.6. The maximum absolute atomic E-state index is 13.7. The lowest BCUT2D eigenvalue weighted by atomic mass is 9.44. The predicted octanol–water partition coefficient (Wildman–Crippen LogP) is 5.66. The van der Waals surface area contributed by atoms with E-state index in [1.807, 2.05) is 20.9 Å². The quantitative estimate of drug-likeness (QED) is 0.523. The van der Waals surface area contributed by atoms with Crippen molar-refractivity contribution < 1.29 is 9.59 Å². The molecule has 3 aliphatic carbocycles. The molecule has 2 aliphatic heterocycles. The first kappa shape index (κ1) is 25.0. The highest BCUT2D eigenvalue weighted by Crippen LogP contribution is 2.66. The van der Waals surface area contributed by atoms with Crippen molar-refractivity contribution in [1.29, 1.82) is 0 Å². The molecule has 0 spiro atoms. The molecule has 2 heterocycles. The van der Waals surface area contributed by atoms with Gasteiger partial charge in [0.2, 0.25) is 11.8 Å². The molecule has 0 radical (unpaired) electrons. The number of likely N-dealkylation sites (N-methyl/N-ethyl adjacent to an activating group) is 1. The zero-order chi connectivity index (χ0) is 26.3. The monoisotopic (exact) mass is 503 g/mol. The van der Waals surface area contributed by atoms with Crippen molar-refractivity contribution in [3.63, 3.8) is 0 Å². The Morgan fingerprint density at radius 1 is 1.08 bits per heavy atom. The molecular weight excluding hydrogens is 458 g/mol. The third-order valence-corrected chi connectivity index (χ3v) is 11.4. The van der Waals surface area contributed by atoms with Crippen molar-refractivity contribution >= 4 is 17.5 Å². The molecule has 1 aromatic rings. The summed E-state index contributed by atoms with van der Waals surface area (Å²) in [5.74, 6) is 1.37. The van der Waals surface area contributed by atoms with Crippen LogP contribution in [0.2, 0.25) is 0 Å². The Bertz CT molecular complexity index is 1150. The summed E-state index contributed by atoms with van der Waals surface area (Å²) in [7, 11) is 1.81. The highest BCUT2D eigenvalue weighted by atomic mass is 16.2. The number of nitrogens with zero attached hydrogens (tertiary/aromatic N) is 1. The van der Waals surface area contributed by atoms with Crippen molar-refractivity contribution in [2.24, 2.45) is 28.6 Å². The molecular formula is C32H45N3O2. The predicted molar refractivity (Wildman–Crippen MR) is 148 cm³/mol. The minimum absolute atomic E-state index is 0.0138. The first-order valence-corrected chi connectivity index (χ1v) is 14.6. The summed E-state index contributed by atoms with van der Waals surface area (Å²) in [5, 5.41) is 7.04. The number of hydrogen-bond acceptors (Lipinski definition) is 3. The number of fused-ring (bicyclic) bond motifs is 6. The summed E-state index contributed by atoms with van der Waals surface area (Å²) in [4.78, 5) is 28.6. The Hall–Kier alpha value is -2.30. The molecule has 6 rings (SSSR count). The SMILES string of the molecule is CC(C)C1C(=O)NC(CC23CC4C(=CC2Nc2ccccc23)CCC2C(C)(C)CCCC42C)C(=O)N1C. The molecule has 2 saturated carbocycles. The van der Waals surface area contributed by atoms with E-state index in [1.165, 1.54) is 43.4 Å². The molecule has 2 amide bonds. The van der Waals surface area contributed by atoms with E-state index >= 15 is 0 Å². The smallest absolute Gasteiger partial charge is 0.245 e. The molecule has 200 valence electrons. The number of piperazine rings is 1. The number of benzene rings is 1. The van der Waals surface area contributed by atoms with Gasteiger partial charge < -0.3 is 15.5 Å². The van der Waals surface area contributed by atoms with Crippen molar-refractivity contribution in [1.82, 2.24) is 10.2 Å². The first-order chi connectivity index (χ1) is 17.5. The standard InChI is InChI=1S/C32H45N3O2/c1-19(2)27-28(36)34-24(29(37)35(27)6)18-32-17-22-20(16-26(32)33-23-11-8-7-10-21(23)32)12-13-25-30(3,4)14-9-15-31(22,25)5/h7-8,10-11,16,19,22,24-27,33H,9,12-15,17-18H2,1-6H3,(H,34,36). The van der Waals surface area contributed by atoms with Gasteiger partial charge in [0.15, 0.2) is 0 Å². The minimum atomic E-state index is -0.493. The van der Waals surface area contributed by atoms with Crippen LogP contribution in [0, 0.1) is 28.6 Å². The summed E-state index contributed by atoms with van der Waals surface area (Å²) >= 11 is 0. The van der Waals surface area contributed by atoms with Gasteiger partial charge in [-0.15, -0.1) is 0 Å². The lowest BCUT2D eigenvalue weighted by molar-refractivity contribution is -0.150. The molecule has 3 fully saturated rings. The fourth-order valence-corrected chi connectivity index (χ4v) is 9.76. The van der Waals surface area contributed by atoms with Crippen LogP contribution >= 0.6 is 0 Å². The van der Waals surface area contributed by atoms with E-state index in [-0.39, 0.29) is 34.6 Å². The number of allylic oxidation sites excluding steroid dienone is 1. The summed E-state index contributed by atoms with van der Waals surface area (Å²) < 4.78 is 0. The molecule has 1 saturated heterocycles. The van der Waals surface area contributed by atoms with E-state index in [0.29, 0.717) is 17.8 Å². The maximum Gasteiger partial charge on any atom is 0.245 e. The fraction of sp³-hybridized carbons (Fsp3) is 0.688. The highest BCUT2D eigenvalue weighted by Gasteiger charge is 2.60. The number of anilines is 1. The lowest BCUT2D eigenvalue weighted by Gasteiger charge is -2.61. The Morgan fingerprint density at radius 2 is 1.84 bits per heavy atom. The van der Waals surface area contributed by atoms with Gasteiger partial charge in [0.1, 0.15) is 12.1 Å². The number of para-hydroxylation sites is 1. The van der Waals surface area contributed by atoms with Crippen molar-refractivity contribution in [3.8, 4) is 0 Å². The second-order valence-corrected chi connectivity index (χ2v) is 14.2. The normalized spacial score (nSPS) is 40.1. The molecule has 37 heavy (non-hydrogen) atoms. The molecule has 7 atom stereocenters. The second kappa shape index (κ2) is 8.35. The molecule has 0 bridgehead atoms. The topological polar surface area (TPSA) is 61.4 Å². The van der Waals surface area contributed by atoms with Gasteiger partial charge in [0.25, 0.3) is 0 Å². The zero-order valence-electron chi connectivity index (χ0n) is 23.6. The molecule has 5 nitrogen and oxygen atoms in total. The number of rotatable bonds is 3. The van der Waals surface area contributed by atoms with Crippen LogP contribution < -0.4 is 10.6 Å². The number of amides is 2. The van der Waals surface area contributed by atoms with Crippen LogP contribution in [0.1, 0.15) is 85.1 Å². The van der Waals surface area contributed by atoms with E-state index < -0.39 is 12.1 Å². The van der Waals surface area contributed by atoms with E-state index in [0.717, 1.165) is 12.3 Å². The molecule has 7 unspecified atom stereocenters. The number of carbonyl (C=O) groups excluding carboxylic acids is 2. The zero-order valence-corrected chi connectivity index (χ0v) is 23.6.